The quantitative estimate of drug-likeness (QED) is 0.621. The van der Waals surface area contributed by atoms with Gasteiger partial charge in [0.25, 0.3) is 0 Å². The Morgan fingerprint density at radius 1 is 1.46 bits per heavy atom. The van der Waals surface area contributed by atoms with E-state index in [9.17, 15) is 5.11 Å². The zero-order valence-electron chi connectivity index (χ0n) is 7.91. The maximum Gasteiger partial charge on any atom is 0.164 e. The summed E-state index contributed by atoms with van der Waals surface area (Å²) in [5.74, 6) is 1.56. The van der Waals surface area contributed by atoms with Gasteiger partial charge < -0.3 is 15.0 Å². The van der Waals surface area contributed by atoms with Crippen LogP contribution in [0.25, 0.3) is 0 Å². The van der Waals surface area contributed by atoms with Gasteiger partial charge in [-0.15, -0.1) is 10.2 Å². The average molecular weight is 182 g/mol. The first kappa shape index (κ1) is 8.65. The number of hydrogen-bond acceptors (Lipinski definition) is 4. The third-order valence-corrected chi connectivity index (χ3v) is 2.17. The van der Waals surface area contributed by atoms with E-state index < -0.39 is 5.60 Å². The summed E-state index contributed by atoms with van der Waals surface area (Å²) in [6, 6.07) is 0. The number of aromatic nitrogens is 3. The molecule has 1 aromatic heterocycles. The predicted molar refractivity (Wildman–Crippen MR) is 47.0 cm³/mol. The standard InChI is InChI=1S/C8H14N4O/c1-8(2,13)7-11-10-6-5-9-3-4-12(6)7/h9,13H,3-5H2,1-2H3. The number of fused-ring (bicyclic) bond motifs is 1. The first-order chi connectivity index (χ1) is 6.09. The van der Waals surface area contributed by atoms with Gasteiger partial charge in [0.1, 0.15) is 11.4 Å². The third-order valence-electron chi connectivity index (χ3n) is 2.17. The molecule has 0 unspecified atom stereocenters. The highest BCUT2D eigenvalue weighted by Crippen LogP contribution is 2.19. The van der Waals surface area contributed by atoms with Crippen molar-refractivity contribution >= 4 is 0 Å². The Labute approximate surface area is 76.8 Å². The van der Waals surface area contributed by atoms with E-state index in [4.69, 9.17) is 0 Å². The van der Waals surface area contributed by atoms with Crippen LogP contribution in [0.15, 0.2) is 0 Å². The predicted octanol–water partition coefficient (Wildman–Crippen LogP) is -0.391. The van der Waals surface area contributed by atoms with Crippen molar-refractivity contribution in [2.45, 2.75) is 32.5 Å². The Hall–Kier alpha value is -0.940. The molecule has 0 saturated carbocycles. The van der Waals surface area contributed by atoms with Gasteiger partial charge in [0, 0.05) is 13.1 Å². The molecule has 1 aliphatic heterocycles. The zero-order valence-corrected chi connectivity index (χ0v) is 7.91. The second-order valence-corrected chi connectivity index (χ2v) is 3.83. The lowest BCUT2D eigenvalue weighted by atomic mass is 10.1. The Kier molecular flexibility index (Phi) is 1.85. The Morgan fingerprint density at radius 3 is 2.92 bits per heavy atom. The zero-order chi connectivity index (χ0) is 9.47. The lowest BCUT2D eigenvalue weighted by Gasteiger charge is -2.21. The van der Waals surface area contributed by atoms with E-state index in [0.717, 1.165) is 25.5 Å². The number of hydrogen-bond donors (Lipinski definition) is 2. The molecule has 0 bridgehead atoms. The number of nitrogens with one attached hydrogen (secondary N) is 1. The van der Waals surface area contributed by atoms with Crippen molar-refractivity contribution in [3.63, 3.8) is 0 Å². The summed E-state index contributed by atoms with van der Waals surface area (Å²) < 4.78 is 1.98. The summed E-state index contributed by atoms with van der Waals surface area (Å²) in [6.45, 7) is 5.94. The van der Waals surface area contributed by atoms with Gasteiger partial charge in [-0.25, -0.2) is 0 Å². The van der Waals surface area contributed by atoms with Crippen LogP contribution in [0.4, 0.5) is 0 Å². The molecule has 2 N–H and O–H groups in total. The van der Waals surface area contributed by atoms with Crippen LogP contribution in [0.3, 0.4) is 0 Å². The molecule has 0 fully saturated rings. The monoisotopic (exact) mass is 182 g/mol. The fourth-order valence-electron chi connectivity index (χ4n) is 1.54. The highest BCUT2D eigenvalue weighted by atomic mass is 16.3. The Morgan fingerprint density at radius 2 is 2.23 bits per heavy atom. The summed E-state index contributed by atoms with van der Waals surface area (Å²) in [7, 11) is 0. The molecule has 2 rings (SSSR count). The van der Waals surface area contributed by atoms with Crippen LogP contribution in [0.5, 0.6) is 0 Å². The highest BCUT2D eigenvalue weighted by Gasteiger charge is 2.26. The van der Waals surface area contributed by atoms with Crippen LogP contribution in [-0.2, 0) is 18.7 Å². The fourth-order valence-corrected chi connectivity index (χ4v) is 1.54. The molecule has 5 nitrogen and oxygen atoms in total. The van der Waals surface area contributed by atoms with E-state index in [0.29, 0.717) is 5.82 Å². The minimum absolute atomic E-state index is 0.656. The second-order valence-electron chi connectivity index (χ2n) is 3.83. The molecule has 0 saturated heterocycles. The van der Waals surface area contributed by atoms with E-state index in [1.165, 1.54) is 0 Å². The molecule has 0 amide bonds. The van der Waals surface area contributed by atoms with E-state index in [1.54, 1.807) is 13.8 Å². The van der Waals surface area contributed by atoms with Crippen molar-refractivity contribution < 1.29 is 5.11 Å². The smallest absolute Gasteiger partial charge is 0.164 e. The van der Waals surface area contributed by atoms with Gasteiger partial charge in [-0.2, -0.15) is 0 Å². The molecule has 0 aliphatic carbocycles. The lowest BCUT2D eigenvalue weighted by molar-refractivity contribution is 0.0636. The largest absolute Gasteiger partial charge is 0.382 e. The average Bonchev–Trinajstić information content (AvgIpc) is 2.45. The molecule has 5 heteroatoms. The van der Waals surface area contributed by atoms with Gasteiger partial charge in [-0.1, -0.05) is 0 Å². The molecule has 0 radical (unpaired) electrons. The molecule has 0 aromatic carbocycles. The van der Waals surface area contributed by atoms with E-state index in [1.807, 2.05) is 4.57 Å². The van der Waals surface area contributed by atoms with Crippen LogP contribution >= 0.6 is 0 Å². The number of rotatable bonds is 1. The van der Waals surface area contributed by atoms with Gasteiger partial charge in [0.2, 0.25) is 0 Å². The molecular weight excluding hydrogens is 168 g/mol. The molecule has 1 aliphatic rings. The maximum absolute atomic E-state index is 9.79. The van der Waals surface area contributed by atoms with E-state index in [2.05, 4.69) is 15.5 Å². The van der Waals surface area contributed by atoms with Crippen molar-refractivity contribution in [3.8, 4) is 0 Å². The van der Waals surface area contributed by atoms with Gasteiger partial charge in [-0.05, 0) is 13.8 Å². The van der Waals surface area contributed by atoms with Crippen molar-refractivity contribution in [1.29, 1.82) is 0 Å². The van der Waals surface area contributed by atoms with E-state index in [-0.39, 0.29) is 0 Å². The first-order valence-electron chi connectivity index (χ1n) is 4.44. The normalized spacial score (nSPS) is 17.2. The minimum atomic E-state index is -0.900. The first-order valence-corrected chi connectivity index (χ1v) is 4.44. The topological polar surface area (TPSA) is 63.0 Å². The van der Waals surface area contributed by atoms with Crippen molar-refractivity contribution in [1.82, 2.24) is 20.1 Å². The van der Waals surface area contributed by atoms with Crippen LogP contribution in [-0.4, -0.2) is 26.4 Å². The van der Waals surface area contributed by atoms with E-state index >= 15 is 0 Å². The second kappa shape index (κ2) is 2.78. The van der Waals surface area contributed by atoms with Crippen LogP contribution in [0, 0.1) is 0 Å². The van der Waals surface area contributed by atoms with Crippen LogP contribution < -0.4 is 5.32 Å². The summed E-state index contributed by atoms with van der Waals surface area (Å²) in [4.78, 5) is 0. The summed E-state index contributed by atoms with van der Waals surface area (Å²) in [6.07, 6.45) is 0. The van der Waals surface area contributed by atoms with Crippen LogP contribution in [0.2, 0.25) is 0 Å². The number of nitrogens with zero attached hydrogens (tertiary/aromatic N) is 3. The summed E-state index contributed by atoms with van der Waals surface area (Å²) in [5, 5.41) is 21.0. The molecule has 72 valence electrons. The van der Waals surface area contributed by atoms with Gasteiger partial charge >= 0.3 is 0 Å². The van der Waals surface area contributed by atoms with Gasteiger partial charge in [0.05, 0.1) is 6.54 Å². The Bertz CT molecular complexity index is 312. The summed E-state index contributed by atoms with van der Waals surface area (Å²) in [5.41, 5.74) is -0.900. The van der Waals surface area contributed by atoms with Crippen molar-refractivity contribution in [2.24, 2.45) is 0 Å². The molecule has 2 heterocycles. The fraction of sp³-hybridized carbons (Fsp3) is 0.750. The van der Waals surface area contributed by atoms with Crippen LogP contribution in [0.1, 0.15) is 25.5 Å². The van der Waals surface area contributed by atoms with Gasteiger partial charge in [-0.3, -0.25) is 0 Å². The molecule has 1 aromatic rings. The number of aliphatic hydroxyl groups is 1. The lowest BCUT2D eigenvalue weighted by Crippen LogP contribution is -2.32. The molecular formula is C8H14N4O. The van der Waals surface area contributed by atoms with Crippen molar-refractivity contribution in [2.75, 3.05) is 6.54 Å². The summed E-state index contributed by atoms with van der Waals surface area (Å²) >= 11 is 0. The molecule has 13 heavy (non-hydrogen) atoms. The minimum Gasteiger partial charge on any atom is -0.382 e. The SMILES string of the molecule is CC(C)(O)c1nnc2n1CCNC2. The van der Waals surface area contributed by atoms with Crippen molar-refractivity contribution in [3.05, 3.63) is 11.6 Å². The van der Waals surface area contributed by atoms with Gasteiger partial charge in [0.15, 0.2) is 5.82 Å². The molecule has 0 spiro atoms. The maximum atomic E-state index is 9.79. The third kappa shape index (κ3) is 1.45. The Balaban J connectivity index is 2.43. The highest BCUT2D eigenvalue weighted by molar-refractivity contribution is 5.04. The molecule has 0 atom stereocenters.